The van der Waals surface area contributed by atoms with Crippen LogP contribution in [0.3, 0.4) is 0 Å². The summed E-state index contributed by atoms with van der Waals surface area (Å²) < 4.78 is 10.6. The molecule has 0 radical (unpaired) electrons. The van der Waals surface area contributed by atoms with Crippen molar-refractivity contribution in [3.63, 3.8) is 0 Å². The molecule has 0 spiro atoms. The highest BCUT2D eigenvalue weighted by molar-refractivity contribution is 7.80. The first kappa shape index (κ1) is 19.1. The van der Waals surface area contributed by atoms with Crippen LogP contribution >= 0.6 is 12.2 Å². The van der Waals surface area contributed by atoms with E-state index in [0.717, 1.165) is 36.6 Å². The summed E-state index contributed by atoms with van der Waals surface area (Å²) in [6.07, 6.45) is 1.92. The lowest BCUT2D eigenvalue weighted by molar-refractivity contribution is 0.354. The highest BCUT2D eigenvalue weighted by Crippen LogP contribution is 2.27. The predicted molar refractivity (Wildman–Crippen MR) is 108 cm³/mol. The minimum Gasteiger partial charge on any atom is -0.493 e. The molecule has 0 bridgehead atoms. The zero-order valence-corrected chi connectivity index (χ0v) is 16.1. The Morgan fingerprint density at radius 2 is 1.76 bits per heavy atom. The quantitative estimate of drug-likeness (QED) is 0.572. The van der Waals surface area contributed by atoms with Gasteiger partial charge < -0.3 is 20.1 Å². The molecule has 0 saturated heterocycles. The lowest BCUT2D eigenvalue weighted by atomic mass is 10.1. The fraction of sp³-hybridized carbons (Fsp3) is 0.350. The summed E-state index contributed by atoms with van der Waals surface area (Å²) in [5, 5.41) is 7.16. The molecule has 0 fully saturated rings. The van der Waals surface area contributed by atoms with Gasteiger partial charge in [0.1, 0.15) is 0 Å². The number of thiocarbonyl (C=S) groups is 1. The fourth-order valence-electron chi connectivity index (χ4n) is 2.65. The van der Waals surface area contributed by atoms with Crippen LogP contribution < -0.4 is 20.1 Å². The molecule has 2 N–H and O–H groups in total. The SMILES string of the molecule is COc1ccc(CCCNC(=S)Nc2ccc(C)cc2C)cc1OC. The molecule has 134 valence electrons. The first-order valence-corrected chi connectivity index (χ1v) is 8.77. The van der Waals surface area contributed by atoms with Gasteiger partial charge in [-0.2, -0.15) is 0 Å². The average Bonchev–Trinajstić information content (AvgIpc) is 2.61. The van der Waals surface area contributed by atoms with E-state index in [4.69, 9.17) is 21.7 Å². The third-order valence-electron chi connectivity index (χ3n) is 4.01. The van der Waals surface area contributed by atoms with Crippen molar-refractivity contribution in [2.24, 2.45) is 0 Å². The van der Waals surface area contributed by atoms with Gasteiger partial charge in [0.2, 0.25) is 0 Å². The smallest absolute Gasteiger partial charge is 0.170 e. The van der Waals surface area contributed by atoms with Crippen LogP contribution in [-0.4, -0.2) is 25.9 Å². The van der Waals surface area contributed by atoms with Gasteiger partial charge in [0.25, 0.3) is 0 Å². The third kappa shape index (κ3) is 5.64. The zero-order valence-electron chi connectivity index (χ0n) is 15.3. The summed E-state index contributed by atoms with van der Waals surface area (Å²) in [4.78, 5) is 0. The van der Waals surface area contributed by atoms with Crippen molar-refractivity contribution in [3.05, 3.63) is 53.1 Å². The van der Waals surface area contributed by atoms with E-state index in [2.05, 4.69) is 48.7 Å². The monoisotopic (exact) mass is 358 g/mol. The molecule has 0 amide bonds. The Morgan fingerprint density at radius 3 is 2.44 bits per heavy atom. The fourth-order valence-corrected chi connectivity index (χ4v) is 2.86. The highest BCUT2D eigenvalue weighted by Gasteiger charge is 2.05. The van der Waals surface area contributed by atoms with Crippen molar-refractivity contribution in [2.75, 3.05) is 26.1 Å². The van der Waals surface area contributed by atoms with Gasteiger partial charge in [-0.3, -0.25) is 0 Å². The lowest BCUT2D eigenvalue weighted by Gasteiger charge is -2.13. The molecule has 0 heterocycles. The normalized spacial score (nSPS) is 10.2. The van der Waals surface area contributed by atoms with E-state index in [9.17, 15) is 0 Å². The number of aryl methyl sites for hydroxylation is 3. The summed E-state index contributed by atoms with van der Waals surface area (Å²) >= 11 is 5.37. The van der Waals surface area contributed by atoms with Crippen LogP contribution in [0, 0.1) is 13.8 Å². The van der Waals surface area contributed by atoms with E-state index in [0.29, 0.717) is 5.11 Å². The van der Waals surface area contributed by atoms with Crippen LogP contribution in [0.25, 0.3) is 0 Å². The molecular weight excluding hydrogens is 332 g/mol. The van der Waals surface area contributed by atoms with Crippen LogP contribution in [0.2, 0.25) is 0 Å². The second-order valence-corrected chi connectivity index (χ2v) is 6.40. The number of rotatable bonds is 7. The van der Waals surface area contributed by atoms with Gasteiger partial charge in [-0.15, -0.1) is 0 Å². The van der Waals surface area contributed by atoms with Crippen LogP contribution in [0.5, 0.6) is 11.5 Å². The average molecular weight is 359 g/mol. The molecule has 25 heavy (non-hydrogen) atoms. The van der Waals surface area contributed by atoms with Gasteiger partial charge >= 0.3 is 0 Å². The maximum absolute atomic E-state index is 5.37. The van der Waals surface area contributed by atoms with Crippen molar-refractivity contribution in [1.82, 2.24) is 5.32 Å². The molecule has 0 saturated carbocycles. The number of methoxy groups -OCH3 is 2. The molecule has 0 atom stereocenters. The summed E-state index contributed by atoms with van der Waals surface area (Å²) in [6, 6.07) is 12.3. The Hall–Kier alpha value is -2.27. The lowest BCUT2D eigenvalue weighted by Crippen LogP contribution is -2.29. The second-order valence-electron chi connectivity index (χ2n) is 5.99. The van der Waals surface area contributed by atoms with E-state index in [1.807, 2.05) is 12.1 Å². The van der Waals surface area contributed by atoms with Gasteiger partial charge in [0.05, 0.1) is 14.2 Å². The maximum Gasteiger partial charge on any atom is 0.170 e. The summed E-state index contributed by atoms with van der Waals surface area (Å²) in [7, 11) is 3.30. The summed E-state index contributed by atoms with van der Waals surface area (Å²) in [5.74, 6) is 1.52. The van der Waals surface area contributed by atoms with E-state index in [-0.39, 0.29) is 0 Å². The van der Waals surface area contributed by atoms with Gasteiger partial charge in [-0.05, 0) is 68.2 Å². The molecule has 2 aromatic rings. The number of ether oxygens (including phenoxy) is 2. The molecule has 5 heteroatoms. The van der Waals surface area contributed by atoms with Gasteiger partial charge in [0.15, 0.2) is 16.6 Å². The number of nitrogens with one attached hydrogen (secondary N) is 2. The minimum atomic E-state index is 0.652. The Kier molecular flexibility index (Phi) is 7.07. The first-order valence-electron chi connectivity index (χ1n) is 8.36. The highest BCUT2D eigenvalue weighted by atomic mass is 32.1. The van der Waals surface area contributed by atoms with E-state index in [1.54, 1.807) is 14.2 Å². The van der Waals surface area contributed by atoms with Gasteiger partial charge in [0, 0.05) is 12.2 Å². The largest absolute Gasteiger partial charge is 0.493 e. The van der Waals surface area contributed by atoms with Crippen molar-refractivity contribution < 1.29 is 9.47 Å². The van der Waals surface area contributed by atoms with Crippen LogP contribution in [0.4, 0.5) is 5.69 Å². The standard InChI is InChI=1S/C20H26N2O2S/c1-14-7-9-17(15(2)12-14)22-20(25)21-11-5-6-16-8-10-18(23-3)19(13-16)24-4/h7-10,12-13H,5-6,11H2,1-4H3,(H2,21,22,25). The van der Waals surface area contributed by atoms with Crippen LogP contribution in [0.1, 0.15) is 23.1 Å². The molecule has 0 aliphatic heterocycles. The molecule has 0 aliphatic carbocycles. The first-order chi connectivity index (χ1) is 12.0. The summed E-state index contributed by atoms with van der Waals surface area (Å²) in [6.45, 7) is 4.97. The van der Waals surface area contributed by atoms with Crippen molar-refractivity contribution in [2.45, 2.75) is 26.7 Å². The Bertz CT molecular complexity index is 732. The second kappa shape index (κ2) is 9.28. The van der Waals surface area contributed by atoms with Crippen molar-refractivity contribution in [3.8, 4) is 11.5 Å². The molecule has 2 rings (SSSR count). The zero-order chi connectivity index (χ0) is 18.2. The molecular formula is C20H26N2O2S. The third-order valence-corrected chi connectivity index (χ3v) is 4.25. The molecule has 0 unspecified atom stereocenters. The van der Waals surface area contributed by atoms with Gasteiger partial charge in [-0.1, -0.05) is 23.8 Å². The van der Waals surface area contributed by atoms with Gasteiger partial charge in [-0.25, -0.2) is 0 Å². The minimum absolute atomic E-state index is 0.652. The number of hydrogen-bond donors (Lipinski definition) is 2. The maximum atomic E-state index is 5.37. The Labute approximate surface area is 155 Å². The van der Waals surface area contributed by atoms with Crippen LogP contribution in [-0.2, 0) is 6.42 Å². The molecule has 0 aromatic heterocycles. The summed E-state index contributed by atoms with van der Waals surface area (Å²) in [5.41, 5.74) is 4.70. The van der Waals surface area contributed by atoms with Crippen LogP contribution in [0.15, 0.2) is 36.4 Å². The Morgan fingerprint density at radius 1 is 1.00 bits per heavy atom. The van der Waals surface area contributed by atoms with E-state index < -0.39 is 0 Å². The molecule has 2 aromatic carbocycles. The van der Waals surface area contributed by atoms with Crippen molar-refractivity contribution >= 4 is 23.0 Å². The molecule has 4 nitrogen and oxygen atoms in total. The molecule has 0 aliphatic rings. The van der Waals surface area contributed by atoms with E-state index >= 15 is 0 Å². The van der Waals surface area contributed by atoms with Crippen molar-refractivity contribution in [1.29, 1.82) is 0 Å². The number of anilines is 1. The number of hydrogen-bond acceptors (Lipinski definition) is 3. The number of benzene rings is 2. The van der Waals surface area contributed by atoms with E-state index in [1.165, 1.54) is 16.7 Å². The topological polar surface area (TPSA) is 42.5 Å². The Balaban J connectivity index is 1.78. The predicted octanol–water partition coefficient (Wildman–Crippen LogP) is 4.24.